The van der Waals surface area contributed by atoms with Gasteiger partial charge in [-0.15, -0.1) is 0 Å². The van der Waals surface area contributed by atoms with E-state index < -0.39 is 0 Å². The highest BCUT2D eigenvalue weighted by Crippen LogP contribution is 2.36. The lowest BCUT2D eigenvalue weighted by Gasteiger charge is -2.43. The Kier molecular flexibility index (Phi) is 3.88. The minimum absolute atomic E-state index is 0.507. The zero-order valence-electron chi connectivity index (χ0n) is 11.4. The molecule has 0 spiro atoms. The second kappa shape index (κ2) is 5.22. The number of likely N-dealkylation sites (tertiary alicyclic amines) is 1. The summed E-state index contributed by atoms with van der Waals surface area (Å²) in [6.07, 6.45) is 2.73. The summed E-state index contributed by atoms with van der Waals surface area (Å²) in [5, 5.41) is 0. The van der Waals surface area contributed by atoms with E-state index in [2.05, 4.69) is 56.0 Å². The summed E-state index contributed by atoms with van der Waals surface area (Å²) in [4.78, 5) is 2.62. The number of hydrogen-bond acceptors (Lipinski definition) is 1. The van der Waals surface area contributed by atoms with E-state index >= 15 is 0 Å². The van der Waals surface area contributed by atoms with Crippen LogP contribution >= 0.6 is 0 Å². The molecule has 1 nitrogen and oxygen atoms in total. The van der Waals surface area contributed by atoms with Crippen LogP contribution in [0.2, 0.25) is 0 Å². The molecule has 2 rings (SSSR count). The molecule has 1 fully saturated rings. The highest BCUT2D eigenvalue weighted by atomic mass is 15.1. The van der Waals surface area contributed by atoms with Crippen molar-refractivity contribution in [2.75, 3.05) is 13.1 Å². The molecule has 1 heterocycles. The van der Waals surface area contributed by atoms with Crippen LogP contribution in [0.15, 0.2) is 30.3 Å². The van der Waals surface area contributed by atoms with Crippen LogP contribution in [0.4, 0.5) is 0 Å². The molecule has 0 radical (unpaired) electrons. The van der Waals surface area contributed by atoms with Gasteiger partial charge in [-0.2, -0.15) is 0 Å². The summed E-state index contributed by atoms with van der Waals surface area (Å²) in [7, 11) is 0. The molecule has 0 amide bonds. The largest absolute Gasteiger partial charge is 0.299 e. The number of nitrogens with zero attached hydrogens (tertiary/aromatic N) is 1. The summed E-state index contributed by atoms with van der Waals surface area (Å²) in [6.45, 7) is 10.8. The van der Waals surface area contributed by atoms with Gasteiger partial charge in [-0.25, -0.2) is 0 Å². The first-order valence-electron chi connectivity index (χ1n) is 6.86. The van der Waals surface area contributed by atoms with Gasteiger partial charge in [0.1, 0.15) is 0 Å². The molecule has 1 aliphatic rings. The van der Waals surface area contributed by atoms with Crippen LogP contribution in [0.25, 0.3) is 0 Å². The van der Waals surface area contributed by atoms with E-state index in [0.717, 1.165) is 12.5 Å². The molecule has 0 unspecified atom stereocenters. The zero-order chi connectivity index (χ0) is 12.3. The van der Waals surface area contributed by atoms with Gasteiger partial charge in [0.25, 0.3) is 0 Å². The Bertz CT molecular complexity index is 344. The van der Waals surface area contributed by atoms with Crippen molar-refractivity contribution in [1.29, 1.82) is 0 Å². The third-order valence-electron chi connectivity index (χ3n) is 4.45. The molecule has 0 bridgehead atoms. The average Bonchev–Trinajstić information content (AvgIpc) is 2.30. The van der Waals surface area contributed by atoms with Gasteiger partial charge in [-0.3, -0.25) is 4.90 Å². The van der Waals surface area contributed by atoms with Crippen molar-refractivity contribution >= 4 is 0 Å². The summed E-state index contributed by atoms with van der Waals surface area (Å²) >= 11 is 0. The number of rotatable bonds is 3. The van der Waals surface area contributed by atoms with Gasteiger partial charge in [0.2, 0.25) is 0 Å². The van der Waals surface area contributed by atoms with Crippen molar-refractivity contribution < 1.29 is 0 Å². The molecule has 0 aromatic heterocycles. The Morgan fingerprint density at radius 1 is 1.24 bits per heavy atom. The SMILES string of the molecule is CC(C)[C@@]1(C)CCCN(Cc2ccccc2)C1. The van der Waals surface area contributed by atoms with Crippen LogP contribution in [-0.2, 0) is 6.54 Å². The quantitative estimate of drug-likeness (QED) is 0.761. The lowest BCUT2D eigenvalue weighted by atomic mass is 9.73. The Hall–Kier alpha value is -0.820. The molecule has 1 heteroatoms. The summed E-state index contributed by atoms with van der Waals surface area (Å²) in [5.74, 6) is 0.779. The van der Waals surface area contributed by atoms with Crippen molar-refractivity contribution in [3.05, 3.63) is 35.9 Å². The van der Waals surface area contributed by atoms with Crippen LogP contribution in [0, 0.1) is 11.3 Å². The first kappa shape index (κ1) is 12.6. The maximum absolute atomic E-state index is 2.62. The van der Waals surface area contributed by atoms with Crippen LogP contribution in [0.5, 0.6) is 0 Å². The van der Waals surface area contributed by atoms with Crippen LogP contribution in [0.3, 0.4) is 0 Å². The minimum Gasteiger partial charge on any atom is -0.299 e. The molecular weight excluding hydrogens is 206 g/mol. The fourth-order valence-corrected chi connectivity index (χ4v) is 2.82. The smallest absolute Gasteiger partial charge is 0.0233 e. The van der Waals surface area contributed by atoms with E-state index in [1.54, 1.807) is 0 Å². The van der Waals surface area contributed by atoms with Crippen molar-refractivity contribution in [3.63, 3.8) is 0 Å². The molecule has 17 heavy (non-hydrogen) atoms. The third-order valence-corrected chi connectivity index (χ3v) is 4.45. The monoisotopic (exact) mass is 231 g/mol. The third kappa shape index (κ3) is 3.10. The second-order valence-corrected chi connectivity index (χ2v) is 6.11. The van der Waals surface area contributed by atoms with Crippen molar-refractivity contribution in [2.24, 2.45) is 11.3 Å². The highest BCUT2D eigenvalue weighted by molar-refractivity contribution is 5.14. The first-order chi connectivity index (χ1) is 8.10. The van der Waals surface area contributed by atoms with E-state index in [1.165, 1.54) is 31.5 Å². The highest BCUT2D eigenvalue weighted by Gasteiger charge is 2.33. The van der Waals surface area contributed by atoms with Gasteiger partial charge in [0.15, 0.2) is 0 Å². The maximum atomic E-state index is 2.62. The van der Waals surface area contributed by atoms with Crippen molar-refractivity contribution in [3.8, 4) is 0 Å². The summed E-state index contributed by atoms with van der Waals surface area (Å²) in [6, 6.07) is 10.8. The molecule has 0 saturated carbocycles. The summed E-state index contributed by atoms with van der Waals surface area (Å²) in [5.41, 5.74) is 1.95. The number of benzene rings is 1. The van der Waals surface area contributed by atoms with Gasteiger partial charge >= 0.3 is 0 Å². The maximum Gasteiger partial charge on any atom is 0.0233 e. The molecular formula is C16H25N. The predicted octanol–water partition coefficient (Wildman–Crippen LogP) is 3.94. The molecule has 1 aliphatic heterocycles. The molecule has 1 aromatic rings. The Morgan fingerprint density at radius 3 is 2.59 bits per heavy atom. The molecule has 1 aromatic carbocycles. The van der Waals surface area contributed by atoms with E-state index in [4.69, 9.17) is 0 Å². The average molecular weight is 231 g/mol. The molecule has 0 aliphatic carbocycles. The van der Waals surface area contributed by atoms with E-state index in [9.17, 15) is 0 Å². The van der Waals surface area contributed by atoms with Gasteiger partial charge < -0.3 is 0 Å². The van der Waals surface area contributed by atoms with Crippen LogP contribution in [-0.4, -0.2) is 18.0 Å². The van der Waals surface area contributed by atoms with Crippen LogP contribution in [0.1, 0.15) is 39.2 Å². The lowest BCUT2D eigenvalue weighted by molar-refractivity contribution is 0.0588. The lowest BCUT2D eigenvalue weighted by Crippen LogP contribution is -2.43. The van der Waals surface area contributed by atoms with E-state index in [1.807, 2.05) is 0 Å². The van der Waals surface area contributed by atoms with E-state index in [0.29, 0.717) is 5.41 Å². The Morgan fingerprint density at radius 2 is 1.94 bits per heavy atom. The van der Waals surface area contributed by atoms with Gasteiger partial charge in [-0.05, 0) is 36.3 Å². The normalized spacial score (nSPS) is 26.4. The van der Waals surface area contributed by atoms with Crippen LogP contribution < -0.4 is 0 Å². The molecule has 1 saturated heterocycles. The predicted molar refractivity (Wildman–Crippen MR) is 73.9 cm³/mol. The van der Waals surface area contributed by atoms with Crippen molar-refractivity contribution in [2.45, 2.75) is 40.2 Å². The Labute approximate surface area is 106 Å². The minimum atomic E-state index is 0.507. The summed E-state index contributed by atoms with van der Waals surface area (Å²) < 4.78 is 0. The fourth-order valence-electron chi connectivity index (χ4n) is 2.82. The number of hydrogen-bond donors (Lipinski definition) is 0. The topological polar surface area (TPSA) is 3.24 Å². The molecule has 94 valence electrons. The Balaban J connectivity index is 1.99. The zero-order valence-corrected chi connectivity index (χ0v) is 11.4. The molecule has 0 N–H and O–H groups in total. The fraction of sp³-hybridized carbons (Fsp3) is 0.625. The van der Waals surface area contributed by atoms with Gasteiger partial charge in [0, 0.05) is 13.1 Å². The number of piperidine rings is 1. The standard InChI is InChI=1S/C16H25N/c1-14(2)16(3)10-7-11-17(13-16)12-15-8-5-4-6-9-15/h4-6,8-9,14H,7,10-13H2,1-3H3/t16-/m0/s1. The van der Waals surface area contributed by atoms with E-state index in [-0.39, 0.29) is 0 Å². The second-order valence-electron chi connectivity index (χ2n) is 6.11. The van der Waals surface area contributed by atoms with Crippen molar-refractivity contribution in [1.82, 2.24) is 4.90 Å². The van der Waals surface area contributed by atoms with Gasteiger partial charge in [-0.1, -0.05) is 51.1 Å². The van der Waals surface area contributed by atoms with Gasteiger partial charge in [0.05, 0.1) is 0 Å². The molecule has 1 atom stereocenters. The first-order valence-corrected chi connectivity index (χ1v) is 6.86.